The lowest BCUT2D eigenvalue weighted by molar-refractivity contribution is 0.0954. The smallest absolute Gasteiger partial charge is 0.277 e. The number of aryl methyl sites for hydroxylation is 1. The van der Waals surface area contributed by atoms with E-state index in [0.717, 1.165) is 11.9 Å². The fourth-order valence-electron chi connectivity index (χ4n) is 3.13. The Morgan fingerprint density at radius 1 is 1.19 bits per heavy atom. The number of benzene rings is 1. The van der Waals surface area contributed by atoms with Gasteiger partial charge in [0, 0.05) is 23.5 Å². The molecule has 4 aromatic rings. The average Bonchev–Trinajstić information content (AvgIpc) is 3.33. The van der Waals surface area contributed by atoms with Crippen LogP contribution < -0.4 is 10.9 Å². The molecule has 3 heterocycles. The molecule has 0 spiro atoms. The summed E-state index contributed by atoms with van der Waals surface area (Å²) in [6.07, 6.45) is 2.42. The van der Waals surface area contributed by atoms with Crippen LogP contribution in [0.2, 0.25) is 0 Å². The van der Waals surface area contributed by atoms with Gasteiger partial charge in [-0.3, -0.25) is 9.59 Å². The first-order valence-electron chi connectivity index (χ1n) is 8.50. The molecule has 1 amide bonds. The third-order valence-corrected chi connectivity index (χ3v) is 5.35. The Labute approximate surface area is 153 Å². The van der Waals surface area contributed by atoms with Gasteiger partial charge in [0.1, 0.15) is 5.52 Å². The van der Waals surface area contributed by atoms with Crippen molar-refractivity contribution in [2.24, 2.45) is 0 Å². The lowest BCUT2D eigenvalue weighted by atomic mass is 10.1. The van der Waals surface area contributed by atoms with E-state index >= 15 is 0 Å². The zero-order valence-corrected chi connectivity index (χ0v) is 15.1. The SMILES string of the molecule is CCn1c(=O)c2ccnn2c2ccc(C(=O)NCCc3cccs3)cc21. The van der Waals surface area contributed by atoms with Gasteiger partial charge in [-0.25, -0.2) is 4.52 Å². The number of aromatic nitrogens is 3. The molecule has 0 aliphatic rings. The molecule has 4 rings (SSSR count). The monoisotopic (exact) mass is 366 g/mol. The van der Waals surface area contributed by atoms with Gasteiger partial charge < -0.3 is 9.88 Å². The summed E-state index contributed by atoms with van der Waals surface area (Å²) in [4.78, 5) is 26.4. The van der Waals surface area contributed by atoms with Crippen molar-refractivity contribution in [3.05, 3.63) is 68.8 Å². The Hall–Kier alpha value is -2.93. The molecule has 0 radical (unpaired) electrons. The normalized spacial score (nSPS) is 11.3. The summed E-state index contributed by atoms with van der Waals surface area (Å²) in [5.74, 6) is -0.140. The number of hydrogen-bond acceptors (Lipinski definition) is 4. The summed E-state index contributed by atoms with van der Waals surface area (Å²) < 4.78 is 3.30. The standard InChI is InChI=1S/C19H18N4O2S/c1-2-22-17-12-13(18(24)20-9-7-14-4-3-11-26-14)5-6-15(17)23-16(19(22)25)8-10-21-23/h3-6,8,10-12H,2,7,9H2,1H3,(H,20,24). The van der Waals surface area contributed by atoms with Crippen LogP contribution in [0.25, 0.3) is 16.6 Å². The number of nitrogens with one attached hydrogen (secondary N) is 1. The molecule has 3 aromatic heterocycles. The Kier molecular flexibility index (Phi) is 4.30. The molecule has 6 nitrogen and oxygen atoms in total. The maximum Gasteiger partial charge on any atom is 0.277 e. The van der Waals surface area contributed by atoms with E-state index in [9.17, 15) is 9.59 Å². The van der Waals surface area contributed by atoms with Gasteiger partial charge in [0.05, 0.1) is 17.2 Å². The number of amides is 1. The summed E-state index contributed by atoms with van der Waals surface area (Å²) >= 11 is 1.68. The molecule has 0 saturated heterocycles. The number of hydrogen-bond donors (Lipinski definition) is 1. The number of carbonyl (C=O) groups is 1. The van der Waals surface area contributed by atoms with Crippen LogP contribution in [0.4, 0.5) is 0 Å². The summed E-state index contributed by atoms with van der Waals surface area (Å²) in [7, 11) is 0. The van der Waals surface area contributed by atoms with E-state index in [1.165, 1.54) is 4.88 Å². The van der Waals surface area contributed by atoms with Crippen LogP contribution in [-0.2, 0) is 13.0 Å². The van der Waals surface area contributed by atoms with Gasteiger partial charge in [-0.2, -0.15) is 5.10 Å². The maximum atomic E-state index is 12.6. The minimum Gasteiger partial charge on any atom is -0.352 e. The van der Waals surface area contributed by atoms with Crippen molar-refractivity contribution in [3.8, 4) is 0 Å². The second kappa shape index (κ2) is 6.76. The van der Waals surface area contributed by atoms with E-state index in [1.807, 2.05) is 24.4 Å². The lowest BCUT2D eigenvalue weighted by Crippen LogP contribution is -2.26. The minimum atomic E-state index is -0.140. The number of carbonyl (C=O) groups excluding carboxylic acids is 1. The molecular weight excluding hydrogens is 348 g/mol. The van der Waals surface area contributed by atoms with Crippen molar-refractivity contribution in [2.45, 2.75) is 19.9 Å². The second-order valence-electron chi connectivity index (χ2n) is 5.97. The maximum absolute atomic E-state index is 12.6. The molecule has 0 aliphatic heterocycles. The molecule has 0 unspecified atom stereocenters. The molecule has 26 heavy (non-hydrogen) atoms. The number of nitrogens with zero attached hydrogens (tertiary/aromatic N) is 3. The molecule has 0 atom stereocenters. The Morgan fingerprint density at radius 2 is 2.08 bits per heavy atom. The first-order chi connectivity index (χ1) is 12.7. The highest BCUT2D eigenvalue weighted by atomic mass is 32.1. The van der Waals surface area contributed by atoms with Crippen molar-refractivity contribution in [1.29, 1.82) is 0 Å². The fourth-order valence-corrected chi connectivity index (χ4v) is 3.84. The molecule has 7 heteroatoms. The second-order valence-corrected chi connectivity index (χ2v) is 7.00. The van der Waals surface area contributed by atoms with Gasteiger partial charge in [-0.05, 0) is 49.1 Å². The molecule has 0 aliphatic carbocycles. The van der Waals surface area contributed by atoms with E-state index in [2.05, 4.69) is 16.5 Å². The van der Waals surface area contributed by atoms with Crippen molar-refractivity contribution < 1.29 is 4.79 Å². The van der Waals surface area contributed by atoms with Crippen LogP contribution in [-0.4, -0.2) is 26.6 Å². The molecule has 0 bridgehead atoms. The predicted molar refractivity (Wildman–Crippen MR) is 103 cm³/mol. The van der Waals surface area contributed by atoms with Crippen molar-refractivity contribution in [3.63, 3.8) is 0 Å². The van der Waals surface area contributed by atoms with Gasteiger partial charge in [0.15, 0.2) is 0 Å². The topological polar surface area (TPSA) is 68.4 Å². The van der Waals surface area contributed by atoms with Crippen molar-refractivity contribution >= 4 is 33.8 Å². The highest BCUT2D eigenvalue weighted by Gasteiger charge is 2.13. The molecule has 1 N–H and O–H groups in total. The summed E-state index contributed by atoms with van der Waals surface area (Å²) in [5.41, 5.74) is 2.48. The van der Waals surface area contributed by atoms with E-state index in [4.69, 9.17) is 0 Å². The summed E-state index contributed by atoms with van der Waals surface area (Å²) in [5, 5.41) is 9.21. The van der Waals surface area contributed by atoms with Gasteiger partial charge >= 0.3 is 0 Å². The summed E-state index contributed by atoms with van der Waals surface area (Å²) in [6.45, 7) is 3.03. The molecule has 0 fully saturated rings. The minimum absolute atomic E-state index is 0.104. The predicted octanol–water partition coefficient (Wildman–Crippen LogP) is 2.70. The third-order valence-electron chi connectivity index (χ3n) is 4.42. The van der Waals surface area contributed by atoms with Gasteiger partial charge in [-0.1, -0.05) is 6.07 Å². The van der Waals surface area contributed by atoms with Crippen LogP contribution in [0.5, 0.6) is 0 Å². The Bertz CT molecular complexity index is 1140. The Balaban J connectivity index is 1.67. The third kappa shape index (κ3) is 2.80. The van der Waals surface area contributed by atoms with Crippen LogP contribution in [0, 0.1) is 0 Å². The van der Waals surface area contributed by atoms with Crippen LogP contribution in [0.1, 0.15) is 22.2 Å². The van der Waals surface area contributed by atoms with Gasteiger partial charge in [0.25, 0.3) is 11.5 Å². The van der Waals surface area contributed by atoms with Crippen molar-refractivity contribution in [2.75, 3.05) is 6.54 Å². The lowest BCUT2D eigenvalue weighted by Gasteiger charge is -2.11. The first-order valence-corrected chi connectivity index (χ1v) is 9.38. The molecule has 1 aromatic carbocycles. The van der Waals surface area contributed by atoms with Crippen LogP contribution >= 0.6 is 11.3 Å². The number of fused-ring (bicyclic) bond motifs is 3. The largest absolute Gasteiger partial charge is 0.352 e. The average molecular weight is 366 g/mol. The first kappa shape index (κ1) is 16.5. The highest BCUT2D eigenvalue weighted by Crippen LogP contribution is 2.16. The fraction of sp³-hybridized carbons (Fsp3) is 0.211. The van der Waals surface area contributed by atoms with E-state index in [1.54, 1.807) is 44.8 Å². The van der Waals surface area contributed by atoms with E-state index < -0.39 is 0 Å². The molecular formula is C19H18N4O2S. The van der Waals surface area contributed by atoms with E-state index in [-0.39, 0.29) is 11.5 Å². The zero-order valence-electron chi connectivity index (χ0n) is 14.3. The summed E-state index contributed by atoms with van der Waals surface area (Å²) in [6, 6.07) is 11.2. The van der Waals surface area contributed by atoms with Crippen molar-refractivity contribution in [1.82, 2.24) is 19.5 Å². The Morgan fingerprint density at radius 3 is 2.85 bits per heavy atom. The highest BCUT2D eigenvalue weighted by molar-refractivity contribution is 7.09. The number of rotatable bonds is 5. The van der Waals surface area contributed by atoms with Crippen LogP contribution in [0.3, 0.4) is 0 Å². The van der Waals surface area contributed by atoms with Gasteiger partial charge in [-0.15, -0.1) is 11.3 Å². The molecule has 0 saturated carbocycles. The zero-order chi connectivity index (χ0) is 18.1. The van der Waals surface area contributed by atoms with Gasteiger partial charge in [0.2, 0.25) is 0 Å². The molecule has 132 valence electrons. The van der Waals surface area contributed by atoms with E-state index in [0.29, 0.717) is 29.7 Å². The number of thiophene rings is 1. The van der Waals surface area contributed by atoms with Crippen LogP contribution in [0.15, 0.2) is 52.8 Å². The quantitative estimate of drug-likeness (QED) is 0.590.